The molecule has 0 unspecified atom stereocenters. The topological polar surface area (TPSA) is 46.2 Å². The Labute approximate surface area is 143 Å². The number of benzene rings is 2. The van der Waals surface area contributed by atoms with E-state index in [4.69, 9.17) is 0 Å². The number of fused-ring (bicyclic) bond motifs is 1. The molecule has 0 fully saturated rings. The minimum absolute atomic E-state index is 0.276. The zero-order valence-corrected chi connectivity index (χ0v) is 15.3. The fraction of sp³-hybridized carbons (Fsp3) is 0. The lowest BCUT2D eigenvalue weighted by atomic mass is 10.1. The summed E-state index contributed by atoms with van der Waals surface area (Å²) in [4.78, 5) is 0. The van der Waals surface area contributed by atoms with Crippen molar-refractivity contribution in [2.45, 2.75) is 4.21 Å². The molecule has 3 nitrogen and oxygen atoms in total. The Kier molecular flexibility index (Phi) is 4.09. The highest BCUT2D eigenvalue weighted by molar-refractivity contribution is 9.10. The van der Waals surface area contributed by atoms with Crippen LogP contribution in [-0.4, -0.2) is 8.42 Å². The molecule has 0 saturated carbocycles. The van der Waals surface area contributed by atoms with Crippen LogP contribution in [0, 0.1) is 0 Å². The normalized spacial score (nSPS) is 11.7. The summed E-state index contributed by atoms with van der Waals surface area (Å²) in [6.07, 6.45) is 0. The smallest absolute Gasteiger partial charge is 0.272 e. The van der Waals surface area contributed by atoms with Gasteiger partial charge in [0.15, 0.2) is 4.21 Å². The Morgan fingerprint density at radius 1 is 0.952 bits per heavy atom. The van der Waals surface area contributed by atoms with Crippen molar-refractivity contribution >= 4 is 69.7 Å². The molecule has 0 aliphatic carbocycles. The minimum atomic E-state index is -3.57. The summed E-state index contributed by atoms with van der Waals surface area (Å²) in [6.45, 7) is 0. The van der Waals surface area contributed by atoms with E-state index in [9.17, 15) is 8.42 Å². The summed E-state index contributed by atoms with van der Waals surface area (Å²) in [5.41, 5.74) is 0.546. The molecule has 21 heavy (non-hydrogen) atoms. The Bertz CT molecular complexity index is 920. The van der Waals surface area contributed by atoms with E-state index in [1.165, 1.54) is 11.3 Å². The highest BCUT2D eigenvalue weighted by Gasteiger charge is 2.19. The maximum absolute atomic E-state index is 12.3. The Balaban J connectivity index is 1.98. The Hall–Kier alpha value is -0.890. The van der Waals surface area contributed by atoms with Gasteiger partial charge in [0.1, 0.15) is 0 Å². The number of rotatable bonds is 3. The maximum Gasteiger partial charge on any atom is 0.272 e. The van der Waals surface area contributed by atoms with Crippen LogP contribution in [0.3, 0.4) is 0 Å². The Morgan fingerprint density at radius 3 is 2.38 bits per heavy atom. The number of halogens is 2. The molecular formula is C14H9Br2NO2S2. The van der Waals surface area contributed by atoms with E-state index in [0.29, 0.717) is 10.2 Å². The molecule has 0 aliphatic heterocycles. The number of nitrogens with one attached hydrogen (secondary N) is 1. The number of sulfonamides is 1. The van der Waals surface area contributed by atoms with Crippen LogP contribution < -0.4 is 4.72 Å². The van der Waals surface area contributed by atoms with Crippen LogP contribution in [0.1, 0.15) is 0 Å². The zero-order valence-electron chi connectivity index (χ0n) is 10.5. The van der Waals surface area contributed by atoms with Gasteiger partial charge in [0.2, 0.25) is 0 Å². The molecule has 2 aromatic carbocycles. The van der Waals surface area contributed by atoms with E-state index in [1.54, 1.807) is 17.5 Å². The molecule has 0 amide bonds. The van der Waals surface area contributed by atoms with Crippen molar-refractivity contribution in [1.29, 1.82) is 0 Å². The minimum Gasteiger partial charge on any atom is -0.279 e. The summed E-state index contributed by atoms with van der Waals surface area (Å²) >= 11 is 7.85. The predicted molar refractivity (Wildman–Crippen MR) is 94.5 cm³/mol. The third-order valence-electron chi connectivity index (χ3n) is 2.88. The van der Waals surface area contributed by atoms with E-state index in [-0.39, 0.29) is 4.21 Å². The molecule has 1 N–H and O–H groups in total. The standard InChI is InChI=1S/C14H9Br2NO2S2/c15-11-3-1-10-8-12(4-2-9(10)7-11)17-21(18,19)14-13(16)5-6-20-14/h1-8,17H. The molecule has 0 spiro atoms. The van der Waals surface area contributed by atoms with Crippen LogP contribution in [0.15, 0.2) is 61.0 Å². The van der Waals surface area contributed by atoms with Gasteiger partial charge in [0.05, 0.1) is 0 Å². The van der Waals surface area contributed by atoms with Gasteiger partial charge in [-0.2, -0.15) is 0 Å². The highest BCUT2D eigenvalue weighted by Crippen LogP contribution is 2.30. The first-order valence-corrected chi connectivity index (χ1v) is 9.86. The van der Waals surface area contributed by atoms with Gasteiger partial charge in [-0.1, -0.05) is 28.1 Å². The SMILES string of the molecule is O=S(=O)(Nc1ccc2cc(Br)ccc2c1)c1sccc1Br. The van der Waals surface area contributed by atoms with E-state index < -0.39 is 10.0 Å². The van der Waals surface area contributed by atoms with E-state index in [0.717, 1.165) is 15.2 Å². The second kappa shape index (κ2) is 5.72. The number of hydrogen-bond acceptors (Lipinski definition) is 3. The first kappa shape index (κ1) is 15.0. The monoisotopic (exact) mass is 445 g/mol. The van der Waals surface area contributed by atoms with Crippen molar-refractivity contribution in [3.63, 3.8) is 0 Å². The fourth-order valence-electron chi connectivity index (χ4n) is 1.95. The van der Waals surface area contributed by atoms with Crippen LogP contribution in [0.2, 0.25) is 0 Å². The lowest BCUT2D eigenvalue weighted by molar-refractivity contribution is 0.603. The first-order chi connectivity index (χ1) is 9.95. The molecule has 0 radical (unpaired) electrons. The molecular weight excluding hydrogens is 438 g/mol. The molecule has 0 atom stereocenters. The van der Waals surface area contributed by atoms with Gasteiger partial charge in [-0.05, 0) is 62.4 Å². The van der Waals surface area contributed by atoms with Gasteiger partial charge in [-0.3, -0.25) is 4.72 Å². The number of anilines is 1. The quantitative estimate of drug-likeness (QED) is 0.598. The van der Waals surface area contributed by atoms with Crippen LogP contribution in [0.5, 0.6) is 0 Å². The molecule has 3 rings (SSSR count). The molecule has 0 saturated heterocycles. The van der Waals surface area contributed by atoms with Crippen LogP contribution in [0.4, 0.5) is 5.69 Å². The molecule has 7 heteroatoms. The van der Waals surface area contributed by atoms with Crippen LogP contribution in [0.25, 0.3) is 10.8 Å². The summed E-state index contributed by atoms with van der Waals surface area (Å²) in [7, 11) is -3.57. The third-order valence-corrected chi connectivity index (χ3v) is 7.43. The predicted octanol–water partition coefficient (Wildman–Crippen LogP) is 5.23. The van der Waals surface area contributed by atoms with Gasteiger partial charge in [0, 0.05) is 14.6 Å². The zero-order chi connectivity index (χ0) is 15.0. The first-order valence-electron chi connectivity index (χ1n) is 5.91. The van der Waals surface area contributed by atoms with Gasteiger partial charge >= 0.3 is 0 Å². The van der Waals surface area contributed by atoms with Crippen molar-refractivity contribution < 1.29 is 8.42 Å². The van der Waals surface area contributed by atoms with Gasteiger partial charge in [0.25, 0.3) is 10.0 Å². The van der Waals surface area contributed by atoms with Crippen LogP contribution >= 0.6 is 43.2 Å². The molecule has 108 valence electrons. The van der Waals surface area contributed by atoms with Crippen LogP contribution in [-0.2, 0) is 10.0 Å². The maximum atomic E-state index is 12.3. The largest absolute Gasteiger partial charge is 0.279 e. The summed E-state index contributed by atoms with van der Waals surface area (Å²) < 4.78 is 29.1. The summed E-state index contributed by atoms with van der Waals surface area (Å²) in [5, 5.41) is 3.75. The van der Waals surface area contributed by atoms with E-state index in [2.05, 4.69) is 36.6 Å². The molecule has 0 aliphatic rings. The second-order valence-corrected chi connectivity index (χ2v) is 8.93. The molecule has 1 aromatic heterocycles. The number of hydrogen-bond donors (Lipinski definition) is 1. The van der Waals surface area contributed by atoms with E-state index >= 15 is 0 Å². The fourth-order valence-corrected chi connectivity index (χ4v) is 5.72. The van der Waals surface area contributed by atoms with Gasteiger partial charge in [-0.25, -0.2) is 8.42 Å². The lowest BCUT2D eigenvalue weighted by Crippen LogP contribution is -2.11. The second-order valence-electron chi connectivity index (χ2n) is 4.37. The molecule has 3 aromatic rings. The highest BCUT2D eigenvalue weighted by atomic mass is 79.9. The Morgan fingerprint density at radius 2 is 1.67 bits per heavy atom. The van der Waals surface area contributed by atoms with Gasteiger partial charge < -0.3 is 0 Å². The molecule has 1 heterocycles. The summed E-state index contributed by atoms with van der Waals surface area (Å²) in [5.74, 6) is 0. The lowest BCUT2D eigenvalue weighted by Gasteiger charge is -2.08. The molecule has 0 bridgehead atoms. The third kappa shape index (κ3) is 3.15. The van der Waals surface area contributed by atoms with Crippen molar-refractivity contribution in [3.05, 3.63) is 56.8 Å². The van der Waals surface area contributed by atoms with Crippen molar-refractivity contribution in [2.75, 3.05) is 4.72 Å². The van der Waals surface area contributed by atoms with Crippen molar-refractivity contribution in [2.24, 2.45) is 0 Å². The summed E-state index contributed by atoms with van der Waals surface area (Å²) in [6, 6.07) is 13.0. The van der Waals surface area contributed by atoms with Crippen molar-refractivity contribution in [3.8, 4) is 0 Å². The number of thiophene rings is 1. The average molecular weight is 447 g/mol. The van der Waals surface area contributed by atoms with Gasteiger partial charge in [-0.15, -0.1) is 11.3 Å². The van der Waals surface area contributed by atoms with Crippen molar-refractivity contribution in [1.82, 2.24) is 0 Å². The van der Waals surface area contributed by atoms with E-state index in [1.807, 2.05) is 30.3 Å². The average Bonchev–Trinajstić information content (AvgIpc) is 2.86.